The van der Waals surface area contributed by atoms with E-state index < -0.39 is 7.29 Å². The summed E-state index contributed by atoms with van der Waals surface area (Å²) in [5.41, 5.74) is 2.34. The zero-order valence-electron chi connectivity index (χ0n) is 16.2. The van der Waals surface area contributed by atoms with E-state index in [0.29, 0.717) is 0 Å². The van der Waals surface area contributed by atoms with E-state index in [0.717, 1.165) is 19.9 Å². The molecule has 140 valence electrons. The van der Waals surface area contributed by atoms with Gasteiger partial charge in [0.05, 0.1) is 5.69 Å². The van der Waals surface area contributed by atoms with Crippen molar-refractivity contribution in [2.75, 3.05) is 11.7 Å². The largest absolute Gasteiger partial charge is 0.318 e. The van der Waals surface area contributed by atoms with Crippen molar-refractivity contribution in [1.82, 2.24) is 0 Å². The zero-order chi connectivity index (χ0) is 19.7. The van der Waals surface area contributed by atoms with E-state index in [1.54, 1.807) is 0 Å². The quantitative estimate of drug-likeness (QED) is 0.333. The fourth-order valence-corrected chi connectivity index (χ4v) is 6.83. The molecule has 0 heterocycles. The third-order valence-electron chi connectivity index (χ3n) is 4.80. The fraction of sp³-hybridized carbons (Fsp3) is 0.217. The van der Waals surface area contributed by atoms with Gasteiger partial charge in [-0.05, 0) is 70.0 Å². The topological polar surface area (TPSA) is 20.3 Å². The molecule has 0 saturated heterocycles. The van der Waals surface area contributed by atoms with Gasteiger partial charge >= 0.3 is 0 Å². The predicted octanol–water partition coefficient (Wildman–Crippen LogP) is 5.95. The van der Waals surface area contributed by atoms with Crippen LogP contribution in [0.25, 0.3) is 0 Å². The first kappa shape index (κ1) is 20.2. The van der Waals surface area contributed by atoms with Gasteiger partial charge in [-0.15, -0.1) is 0 Å². The molecule has 0 atom stereocenters. The van der Waals surface area contributed by atoms with E-state index in [1.807, 2.05) is 72.4 Å². The number of halogens is 1. The van der Waals surface area contributed by atoms with Crippen molar-refractivity contribution >= 4 is 46.2 Å². The predicted molar refractivity (Wildman–Crippen MR) is 126 cm³/mol. The van der Waals surface area contributed by atoms with E-state index in [4.69, 9.17) is 0 Å². The second kappa shape index (κ2) is 7.81. The molecule has 4 heteroatoms. The highest BCUT2D eigenvalue weighted by atomic mass is 127. The van der Waals surface area contributed by atoms with E-state index in [1.165, 1.54) is 5.56 Å². The van der Waals surface area contributed by atoms with Gasteiger partial charge in [0.2, 0.25) is 7.29 Å². The van der Waals surface area contributed by atoms with E-state index >= 15 is 0 Å². The molecule has 0 saturated carbocycles. The number of hydrogen-bond donors (Lipinski definition) is 0. The third kappa shape index (κ3) is 4.00. The van der Waals surface area contributed by atoms with Crippen molar-refractivity contribution in [3.05, 3.63) is 88.0 Å². The summed E-state index contributed by atoms with van der Waals surface area (Å²) in [6, 6.07) is 26.0. The average Bonchev–Trinajstić information content (AvgIpc) is 2.67. The monoisotopic (exact) mass is 489 g/mol. The molecule has 0 fully saturated rings. The van der Waals surface area contributed by atoms with Crippen LogP contribution in [0.5, 0.6) is 0 Å². The standard InChI is InChI=1S/C23H25INOP/c1-23(2,3)18-15-16-22(21(24)17-18)25(4)27(26,19-11-7-5-8-12-19)20-13-9-6-10-14-20/h5-17H,1-4H3. The van der Waals surface area contributed by atoms with Crippen LogP contribution < -0.4 is 15.3 Å². The SMILES string of the molecule is CN(c1ccc(C(C)(C)C)cc1I)P(=O)(c1ccccc1)c1ccccc1. The van der Waals surface area contributed by atoms with Gasteiger partial charge in [0, 0.05) is 21.2 Å². The molecule has 0 aliphatic heterocycles. The van der Waals surface area contributed by atoms with Gasteiger partial charge in [0.25, 0.3) is 0 Å². The highest BCUT2D eigenvalue weighted by Crippen LogP contribution is 2.50. The maximum absolute atomic E-state index is 14.5. The number of hydrogen-bond acceptors (Lipinski definition) is 1. The van der Waals surface area contributed by atoms with E-state index in [-0.39, 0.29) is 5.41 Å². The molecular formula is C23H25INOP. The first-order valence-electron chi connectivity index (χ1n) is 9.00. The Labute approximate surface area is 176 Å². The minimum Gasteiger partial charge on any atom is -0.318 e. The second-order valence-electron chi connectivity index (χ2n) is 7.69. The normalized spacial score (nSPS) is 12.0. The Bertz CT molecular complexity index is 921. The Morgan fingerprint density at radius 1 is 0.815 bits per heavy atom. The van der Waals surface area contributed by atoms with Gasteiger partial charge in [-0.1, -0.05) is 63.2 Å². The number of anilines is 1. The first-order chi connectivity index (χ1) is 12.7. The molecule has 0 spiro atoms. The summed E-state index contributed by atoms with van der Waals surface area (Å²) in [5.74, 6) is 0. The molecule has 0 unspecified atom stereocenters. The van der Waals surface area contributed by atoms with Crippen molar-refractivity contribution in [2.45, 2.75) is 26.2 Å². The lowest BCUT2D eigenvalue weighted by molar-refractivity contribution is 0.585. The third-order valence-corrected chi connectivity index (χ3v) is 8.72. The molecule has 0 aliphatic rings. The summed E-state index contributed by atoms with van der Waals surface area (Å²) in [7, 11) is -1.05. The molecule has 0 amide bonds. The van der Waals surface area contributed by atoms with Crippen LogP contribution in [0.3, 0.4) is 0 Å². The maximum Gasteiger partial charge on any atom is 0.229 e. The molecule has 3 aromatic carbocycles. The molecule has 3 rings (SSSR count). The minimum absolute atomic E-state index is 0.0829. The van der Waals surface area contributed by atoms with Crippen LogP contribution in [0, 0.1) is 3.57 Å². The highest BCUT2D eigenvalue weighted by Gasteiger charge is 2.33. The van der Waals surface area contributed by atoms with Gasteiger partial charge in [-0.3, -0.25) is 4.57 Å². The van der Waals surface area contributed by atoms with Crippen molar-refractivity contribution in [2.24, 2.45) is 0 Å². The van der Waals surface area contributed by atoms with Gasteiger partial charge in [-0.25, -0.2) is 0 Å². The van der Waals surface area contributed by atoms with Crippen molar-refractivity contribution in [1.29, 1.82) is 0 Å². The van der Waals surface area contributed by atoms with Crippen LogP contribution in [0.1, 0.15) is 26.3 Å². The molecule has 0 bridgehead atoms. The lowest BCUT2D eigenvalue weighted by atomic mass is 9.87. The first-order valence-corrected chi connectivity index (χ1v) is 11.7. The summed E-state index contributed by atoms with van der Waals surface area (Å²) < 4.78 is 17.5. The summed E-state index contributed by atoms with van der Waals surface area (Å²) >= 11 is 2.36. The van der Waals surface area contributed by atoms with Crippen LogP contribution in [0.2, 0.25) is 0 Å². The van der Waals surface area contributed by atoms with Crippen LogP contribution in [0.15, 0.2) is 78.9 Å². The Morgan fingerprint density at radius 3 is 1.70 bits per heavy atom. The van der Waals surface area contributed by atoms with Crippen LogP contribution in [0.4, 0.5) is 5.69 Å². The summed E-state index contributed by atoms with van der Waals surface area (Å²) in [6.07, 6.45) is 0. The van der Waals surface area contributed by atoms with Crippen LogP contribution >= 0.6 is 29.9 Å². The maximum atomic E-state index is 14.5. The van der Waals surface area contributed by atoms with E-state index in [9.17, 15) is 4.57 Å². The lowest BCUT2D eigenvalue weighted by Crippen LogP contribution is -2.30. The Hall–Kier alpha value is -1.58. The lowest BCUT2D eigenvalue weighted by Gasteiger charge is -2.32. The van der Waals surface area contributed by atoms with Crippen molar-refractivity contribution < 1.29 is 4.57 Å². The molecule has 0 radical (unpaired) electrons. The van der Waals surface area contributed by atoms with Gasteiger partial charge < -0.3 is 4.67 Å². The highest BCUT2D eigenvalue weighted by molar-refractivity contribution is 14.1. The number of rotatable bonds is 4. The van der Waals surface area contributed by atoms with Gasteiger partial charge in [-0.2, -0.15) is 0 Å². The Balaban J connectivity index is 2.16. The fourth-order valence-electron chi connectivity index (χ4n) is 3.14. The van der Waals surface area contributed by atoms with Crippen molar-refractivity contribution in [3.63, 3.8) is 0 Å². The second-order valence-corrected chi connectivity index (χ2v) is 11.6. The van der Waals surface area contributed by atoms with E-state index in [2.05, 4.69) is 61.6 Å². The van der Waals surface area contributed by atoms with Crippen LogP contribution in [-0.4, -0.2) is 7.05 Å². The molecule has 3 aromatic rings. The molecule has 0 aliphatic carbocycles. The number of nitrogens with zero attached hydrogens (tertiary/aromatic N) is 1. The molecule has 2 nitrogen and oxygen atoms in total. The molecular weight excluding hydrogens is 464 g/mol. The summed E-state index contributed by atoms with van der Waals surface area (Å²) in [6.45, 7) is 6.63. The molecule has 0 aromatic heterocycles. The average molecular weight is 489 g/mol. The summed E-state index contributed by atoms with van der Waals surface area (Å²) in [4.78, 5) is 0. The molecule has 27 heavy (non-hydrogen) atoms. The zero-order valence-corrected chi connectivity index (χ0v) is 19.2. The molecule has 0 N–H and O–H groups in total. The number of benzene rings is 3. The smallest absolute Gasteiger partial charge is 0.229 e. The summed E-state index contributed by atoms with van der Waals surface area (Å²) in [5, 5.41) is 1.68. The van der Waals surface area contributed by atoms with Gasteiger partial charge in [0.1, 0.15) is 0 Å². The Morgan fingerprint density at radius 2 is 1.30 bits per heavy atom. The minimum atomic E-state index is -2.99. The Kier molecular flexibility index (Phi) is 5.83. The van der Waals surface area contributed by atoms with Crippen molar-refractivity contribution in [3.8, 4) is 0 Å². The van der Waals surface area contributed by atoms with Gasteiger partial charge in [0.15, 0.2) is 0 Å². The van der Waals surface area contributed by atoms with Crippen LogP contribution in [-0.2, 0) is 9.98 Å².